The number of nitrogens with zero attached hydrogens (tertiary/aromatic N) is 3. The van der Waals surface area contributed by atoms with Crippen molar-refractivity contribution in [2.45, 2.75) is 63.3 Å². The van der Waals surface area contributed by atoms with E-state index in [4.69, 9.17) is 9.90 Å². The number of piperidine rings is 1. The van der Waals surface area contributed by atoms with Crippen LogP contribution >= 0.6 is 0 Å². The van der Waals surface area contributed by atoms with Crippen molar-refractivity contribution in [3.63, 3.8) is 0 Å². The molecule has 4 rings (SSSR count). The minimum Gasteiger partial charge on any atom is -0.475 e. The molecule has 30 heavy (non-hydrogen) atoms. The second-order valence-corrected chi connectivity index (χ2v) is 7.88. The molecule has 3 aliphatic rings. The van der Waals surface area contributed by atoms with E-state index in [-0.39, 0.29) is 18.0 Å². The first-order chi connectivity index (χ1) is 14.2. The molecule has 2 saturated heterocycles. The fourth-order valence-electron chi connectivity index (χ4n) is 4.04. The molecule has 1 aliphatic carbocycles. The number of likely N-dealkylation sites (tertiary alicyclic amines) is 2. The molecule has 10 heteroatoms. The van der Waals surface area contributed by atoms with Crippen LogP contribution in [-0.2, 0) is 20.9 Å². The monoisotopic (exact) mass is 427 g/mol. The molecule has 1 N–H and O–H groups in total. The lowest BCUT2D eigenvalue weighted by Gasteiger charge is -2.39. The van der Waals surface area contributed by atoms with Gasteiger partial charge in [0, 0.05) is 38.3 Å². The van der Waals surface area contributed by atoms with Crippen LogP contribution in [0.2, 0.25) is 0 Å². The highest BCUT2D eigenvalue weighted by atomic mass is 19.4. The summed E-state index contributed by atoms with van der Waals surface area (Å²) in [6.45, 7) is 1.44. The third-order valence-electron chi connectivity index (χ3n) is 5.71. The van der Waals surface area contributed by atoms with Gasteiger partial charge in [-0.2, -0.15) is 13.2 Å². The Morgan fingerprint density at radius 3 is 2.30 bits per heavy atom. The first kappa shape index (κ1) is 22.0. The molecule has 2 aliphatic heterocycles. The average molecular weight is 427 g/mol. The van der Waals surface area contributed by atoms with Gasteiger partial charge in [-0.25, -0.2) is 4.79 Å². The van der Waals surface area contributed by atoms with E-state index in [1.807, 2.05) is 17.0 Å². The number of halogens is 3. The van der Waals surface area contributed by atoms with Gasteiger partial charge >= 0.3 is 12.1 Å². The van der Waals surface area contributed by atoms with Crippen molar-refractivity contribution in [2.24, 2.45) is 5.92 Å². The number of alkyl halides is 3. The number of carboxylic acids is 1. The number of pyridine rings is 1. The summed E-state index contributed by atoms with van der Waals surface area (Å²) in [5.74, 6) is -1.61. The van der Waals surface area contributed by atoms with Crippen LogP contribution in [0.1, 0.15) is 44.1 Å². The molecular weight excluding hydrogens is 403 g/mol. The van der Waals surface area contributed by atoms with Crippen LogP contribution in [0, 0.1) is 5.92 Å². The molecule has 3 heterocycles. The number of carbonyl (C=O) groups excluding carboxylic acids is 2. The fourth-order valence-corrected chi connectivity index (χ4v) is 4.04. The van der Waals surface area contributed by atoms with E-state index in [0.717, 1.165) is 24.9 Å². The lowest BCUT2D eigenvalue weighted by atomic mass is 9.95. The Balaban J connectivity index is 0.000000318. The molecule has 1 saturated carbocycles. The van der Waals surface area contributed by atoms with Crippen LogP contribution in [0.4, 0.5) is 13.2 Å². The molecule has 0 radical (unpaired) electrons. The Morgan fingerprint density at radius 2 is 1.73 bits per heavy atom. The van der Waals surface area contributed by atoms with E-state index >= 15 is 0 Å². The number of carboxylic acid groups (broad SMARTS) is 1. The van der Waals surface area contributed by atoms with Gasteiger partial charge < -0.3 is 14.9 Å². The number of amides is 2. The van der Waals surface area contributed by atoms with E-state index < -0.39 is 12.1 Å². The van der Waals surface area contributed by atoms with Crippen molar-refractivity contribution in [1.82, 2.24) is 14.8 Å². The molecule has 1 aromatic heterocycles. The summed E-state index contributed by atoms with van der Waals surface area (Å²) < 4.78 is 31.7. The Bertz CT molecular complexity index is 783. The molecular formula is C20H24F3N3O4. The second kappa shape index (κ2) is 9.01. The predicted octanol–water partition coefficient (Wildman–Crippen LogP) is 2.61. The smallest absolute Gasteiger partial charge is 0.475 e. The van der Waals surface area contributed by atoms with Crippen LogP contribution in [0.3, 0.4) is 0 Å². The number of fused-ring (bicyclic) bond motifs is 1. The van der Waals surface area contributed by atoms with E-state index in [1.165, 1.54) is 12.8 Å². The zero-order valence-electron chi connectivity index (χ0n) is 16.3. The molecule has 2 atom stereocenters. The number of hydrogen-bond donors (Lipinski definition) is 1. The molecule has 3 fully saturated rings. The van der Waals surface area contributed by atoms with Crippen LogP contribution in [0.25, 0.3) is 0 Å². The van der Waals surface area contributed by atoms with Gasteiger partial charge in [-0.15, -0.1) is 0 Å². The summed E-state index contributed by atoms with van der Waals surface area (Å²) in [5.41, 5.74) is 1.11. The van der Waals surface area contributed by atoms with Gasteiger partial charge in [0.15, 0.2) is 0 Å². The normalized spacial score (nSPS) is 23.5. The van der Waals surface area contributed by atoms with E-state index in [0.29, 0.717) is 31.2 Å². The second-order valence-electron chi connectivity index (χ2n) is 7.88. The maximum Gasteiger partial charge on any atom is 0.490 e. The minimum atomic E-state index is -5.08. The lowest BCUT2D eigenvalue weighted by Crippen LogP contribution is -2.52. The van der Waals surface area contributed by atoms with E-state index in [9.17, 15) is 22.8 Å². The molecule has 0 aromatic carbocycles. The average Bonchev–Trinajstić information content (AvgIpc) is 3.39. The highest BCUT2D eigenvalue weighted by Gasteiger charge is 2.45. The highest BCUT2D eigenvalue weighted by Crippen LogP contribution is 2.37. The highest BCUT2D eigenvalue weighted by molar-refractivity contribution is 5.80. The predicted molar refractivity (Wildman–Crippen MR) is 99.0 cm³/mol. The SMILES string of the molecule is O=C(CC1CC1)N1CC[C@H]2[C@@H]1CCC(=O)N2Cc1ccncc1.O=C(O)C(F)(F)F. The zero-order chi connectivity index (χ0) is 21.9. The summed E-state index contributed by atoms with van der Waals surface area (Å²) in [7, 11) is 0. The summed E-state index contributed by atoms with van der Waals surface area (Å²) in [6, 6.07) is 4.33. The largest absolute Gasteiger partial charge is 0.490 e. The summed E-state index contributed by atoms with van der Waals surface area (Å²) in [5, 5.41) is 7.12. The van der Waals surface area contributed by atoms with E-state index in [2.05, 4.69) is 9.88 Å². The first-order valence-corrected chi connectivity index (χ1v) is 9.94. The number of rotatable bonds is 4. The quantitative estimate of drug-likeness (QED) is 0.798. The summed E-state index contributed by atoms with van der Waals surface area (Å²) >= 11 is 0. The molecule has 0 spiro atoms. The first-order valence-electron chi connectivity index (χ1n) is 9.94. The van der Waals surface area contributed by atoms with Crippen molar-refractivity contribution in [1.29, 1.82) is 0 Å². The Labute approximate surface area is 171 Å². The summed E-state index contributed by atoms with van der Waals surface area (Å²) in [6.07, 6.45) is 3.87. The molecule has 164 valence electrons. The van der Waals surface area contributed by atoms with Gasteiger partial charge in [-0.3, -0.25) is 14.6 Å². The van der Waals surface area contributed by atoms with Gasteiger partial charge in [0.05, 0.1) is 12.1 Å². The maximum absolute atomic E-state index is 12.5. The zero-order valence-corrected chi connectivity index (χ0v) is 16.3. The standard InChI is InChI=1S/C18H23N3O2.C2HF3O2/c22-17-4-3-15-16(21(17)12-14-5-8-19-9-6-14)7-10-20(15)18(23)11-13-1-2-13;3-2(4,5)1(6)7/h5-6,8-9,13,15-16H,1-4,7,10-12H2;(H,6,7)/t15-,16-;/m0./s1. The van der Waals surface area contributed by atoms with Crippen molar-refractivity contribution in [3.05, 3.63) is 30.1 Å². The minimum absolute atomic E-state index is 0.188. The van der Waals surface area contributed by atoms with Crippen molar-refractivity contribution in [2.75, 3.05) is 6.54 Å². The lowest BCUT2D eigenvalue weighted by molar-refractivity contribution is -0.192. The fraction of sp³-hybridized carbons (Fsp3) is 0.600. The molecule has 0 bridgehead atoms. The van der Waals surface area contributed by atoms with Gasteiger partial charge in [0.2, 0.25) is 11.8 Å². The van der Waals surface area contributed by atoms with Crippen LogP contribution in [-0.4, -0.2) is 62.5 Å². The molecule has 0 unspecified atom stereocenters. The van der Waals surface area contributed by atoms with Gasteiger partial charge in [0.1, 0.15) is 0 Å². The number of carbonyl (C=O) groups is 3. The molecule has 1 aromatic rings. The van der Waals surface area contributed by atoms with Crippen LogP contribution < -0.4 is 0 Å². The Morgan fingerprint density at radius 1 is 1.10 bits per heavy atom. The third kappa shape index (κ3) is 5.48. The van der Waals surface area contributed by atoms with Crippen molar-refractivity contribution < 1.29 is 32.7 Å². The van der Waals surface area contributed by atoms with Crippen molar-refractivity contribution >= 4 is 17.8 Å². The molecule has 7 nitrogen and oxygen atoms in total. The number of aliphatic carboxylic acids is 1. The number of hydrogen-bond acceptors (Lipinski definition) is 4. The Kier molecular flexibility index (Phi) is 6.62. The Hall–Kier alpha value is -2.65. The topological polar surface area (TPSA) is 90.8 Å². The van der Waals surface area contributed by atoms with Gasteiger partial charge in [-0.05, 0) is 49.3 Å². The van der Waals surface area contributed by atoms with Crippen molar-refractivity contribution in [3.8, 4) is 0 Å². The third-order valence-corrected chi connectivity index (χ3v) is 5.71. The number of aromatic nitrogens is 1. The van der Waals surface area contributed by atoms with Crippen LogP contribution in [0.5, 0.6) is 0 Å². The van der Waals surface area contributed by atoms with Gasteiger partial charge in [0.25, 0.3) is 0 Å². The van der Waals surface area contributed by atoms with E-state index in [1.54, 1.807) is 12.4 Å². The molecule has 2 amide bonds. The van der Waals surface area contributed by atoms with Gasteiger partial charge in [-0.1, -0.05) is 0 Å². The summed E-state index contributed by atoms with van der Waals surface area (Å²) in [4.78, 5) is 41.9. The van der Waals surface area contributed by atoms with Crippen LogP contribution in [0.15, 0.2) is 24.5 Å². The maximum atomic E-state index is 12.5.